The Morgan fingerprint density at radius 1 is 0.862 bits per heavy atom. The molecule has 1 aliphatic heterocycles. The second kappa shape index (κ2) is 9.21. The molecule has 0 aromatic heterocycles. The maximum atomic E-state index is 13.0. The van der Waals surface area contributed by atoms with Crippen LogP contribution in [-0.4, -0.2) is 29.6 Å². The summed E-state index contributed by atoms with van der Waals surface area (Å²) in [5.74, 6) is 1.64. The van der Waals surface area contributed by atoms with Gasteiger partial charge in [-0.05, 0) is 79.4 Å². The Bertz CT molecular complexity index is 888. The molecular formula is C25H26FNO2. The molecule has 1 heterocycles. The number of hydrogen-bond acceptors (Lipinski definition) is 3. The van der Waals surface area contributed by atoms with E-state index in [2.05, 4.69) is 17.0 Å². The predicted molar refractivity (Wildman–Crippen MR) is 113 cm³/mol. The van der Waals surface area contributed by atoms with Crippen LogP contribution in [0.1, 0.15) is 36.0 Å². The molecule has 1 N–H and O–H groups in total. The summed E-state index contributed by atoms with van der Waals surface area (Å²) >= 11 is 0. The standard InChI is InChI=1S/C25H26FNO2/c26-22-8-12-24(13-9-22)29-23-10-6-19(7-11-23)20-14-16-27(17-15-20)18-25(28)21-4-2-1-3-5-21/h1-13,20,25,28H,14-18H2. The Kier molecular flexibility index (Phi) is 6.23. The van der Waals surface area contributed by atoms with E-state index in [9.17, 15) is 9.50 Å². The van der Waals surface area contributed by atoms with E-state index in [0.717, 1.165) is 37.2 Å². The van der Waals surface area contributed by atoms with Crippen molar-refractivity contribution in [2.75, 3.05) is 19.6 Å². The number of aliphatic hydroxyl groups is 1. The van der Waals surface area contributed by atoms with Gasteiger partial charge in [0.1, 0.15) is 17.3 Å². The molecule has 29 heavy (non-hydrogen) atoms. The van der Waals surface area contributed by atoms with E-state index >= 15 is 0 Å². The zero-order valence-electron chi connectivity index (χ0n) is 16.4. The lowest BCUT2D eigenvalue weighted by molar-refractivity contribution is 0.0972. The molecule has 3 nitrogen and oxygen atoms in total. The van der Waals surface area contributed by atoms with Crippen LogP contribution in [-0.2, 0) is 0 Å². The number of benzene rings is 3. The summed E-state index contributed by atoms with van der Waals surface area (Å²) in [4.78, 5) is 2.35. The lowest BCUT2D eigenvalue weighted by atomic mass is 9.89. The summed E-state index contributed by atoms with van der Waals surface area (Å²) in [6.07, 6.45) is 1.73. The number of hydrogen-bond donors (Lipinski definition) is 1. The monoisotopic (exact) mass is 391 g/mol. The number of β-amino-alcohol motifs (C(OH)–C–C–N with tert-alkyl or cyclic N) is 1. The highest BCUT2D eigenvalue weighted by Crippen LogP contribution is 2.31. The Hall–Kier alpha value is -2.69. The van der Waals surface area contributed by atoms with Crippen LogP contribution in [0.5, 0.6) is 11.5 Å². The number of nitrogens with zero attached hydrogens (tertiary/aromatic N) is 1. The van der Waals surface area contributed by atoms with Gasteiger partial charge in [0, 0.05) is 6.54 Å². The molecule has 0 radical (unpaired) electrons. The van der Waals surface area contributed by atoms with Gasteiger partial charge >= 0.3 is 0 Å². The van der Waals surface area contributed by atoms with Crippen LogP contribution in [0.3, 0.4) is 0 Å². The van der Waals surface area contributed by atoms with Crippen molar-refractivity contribution in [1.82, 2.24) is 4.90 Å². The Morgan fingerprint density at radius 2 is 1.45 bits per heavy atom. The van der Waals surface area contributed by atoms with Crippen LogP contribution in [0.15, 0.2) is 78.9 Å². The highest BCUT2D eigenvalue weighted by Gasteiger charge is 2.22. The molecule has 1 aliphatic rings. The van der Waals surface area contributed by atoms with Crippen molar-refractivity contribution in [2.24, 2.45) is 0 Å². The highest BCUT2D eigenvalue weighted by atomic mass is 19.1. The molecule has 3 aromatic carbocycles. The molecule has 0 amide bonds. The summed E-state index contributed by atoms with van der Waals surface area (Å²) < 4.78 is 18.8. The maximum absolute atomic E-state index is 13.0. The van der Waals surface area contributed by atoms with E-state index in [-0.39, 0.29) is 5.82 Å². The van der Waals surface area contributed by atoms with Crippen LogP contribution in [0, 0.1) is 5.82 Å². The third-order valence-electron chi connectivity index (χ3n) is 5.60. The van der Waals surface area contributed by atoms with Gasteiger partial charge in [-0.2, -0.15) is 0 Å². The van der Waals surface area contributed by atoms with Crippen LogP contribution in [0.2, 0.25) is 0 Å². The number of likely N-dealkylation sites (tertiary alicyclic amines) is 1. The third-order valence-corrected chi connectivity index (χ3v) is 5.60. The summed E-state index contributed by atoms with van der Waals surface area (Å²) in [5.41, 5.74) is 2.30. The molecule has 0 spiro atoms. The van der Waals surface area contributed by atoms with Gasteiger partial charge in [0.2, 0.25) is 0 Å². The largest absolute Gasteiger partial charge is 0.457 e. The van der Waals surface area contributed by atoms with Gasteiger partial charge < -0.3 is 14.7 Å². The minimum absolute atomic E-state index is 0.268. The number of aliphatic hydroxyl groups excluding tert-OH is 1. The summed E-state index contributed by atoms with van der Waals surface area (Å²) in [7, 11) is 0. The summed E-state index contributed by atoms with van der Waals surface area (Å²) in [6.45, 7) is 2.66. The van der Waals surface area contributed by atoms with Gasteiger partial charge in [0.15, 0.2) is 0 Å². The topological polar surface area (TPSA) is 32.7 Å². The lowest BCUT2D eigenvalue weighted by Crippen LogP contribution is -2.36. The first-order valence-corrected chi connectivity index (χ1v) is 10.2. The Morgan fingerprint density at radius 3 is 2.07 bits per heavy atom. The van der Waals surface area contributed by atoms with E-state index in [1.165, 1.54) is 17.7 Å². The minimum Gasteiger partial charge on any atom is -0.457 e. The van der Waals surface area contributed by atoms with Gasteiger partial charge in [0.25, 0.3) is 0 Å². The van der Waals surface area contributed by atoms with E-state index < -0.39 is 6.10 Å². The van der Waals surface area contributed by atoms with Gasteiger partial charge in [-0.3, -0.25) is 0 Å². The minimum atomic E-state index is -0.435. The number of halogens is 1. The van der Waals surface area contributed by atoms with Crippen LogP contribution >= 0.6 is 0 Å². The average Bonchev–Trinajstić information content (AvgIpc) is 2.77. The van der Waals surface area contributed by atoms with Crippen molar-refractivity contribution in [3.05, 3.63) is 95.8 Å². The molecule has 0 bridgehead atoms. The fourth-order valence-corrected chi connectivity index (χ4v) is 3.92. The molecule has 0 aliphatic carbocycles. The first kappa shape index (κ1) is 19.6. The van der Waals surface area contributed by atoms with Crippen molar-refractivity contribution in [2.45, 2.75) is 24.9 Å². The Balaban J connectivity index is 1.29. The van der Waals surface area contributed by atoms with Crippen LogP contribution < -0.4 is 4.74 Å². The first-order chi connectivity index (χ1) is 14.2. The summed E-state index contributed by atoms with van der Waals surface area (Å²) in [6, 6.07) is 24.1. The van der Waals surface area contributed by atoms with E-state index in [4.69, 9.17) is 4.74 Å². The smallest absolute Gasteiger partial charge is 0.127 e. The zero-order chi connectivity index (χ0) is 20.1. The molecule has 1 unspecified atom stereocenters. The average molecular weight is 391 g/mol. The SMILES string of the molecule is OC(CN1CCC(c2ccc(Oc3ccc(F)cc3)cc2)CC1)c1ccccc1. The lowest BCUT2D eigenvalue weighted by Gasteiger charge is -2.33. The zero-order valence-corrected chi connectivity index (χ0v) is 16.4. The van der Waals surface area contributed by atoms with Crippen LogP contribution in [0.4, 0.5) is 4.39 Å². The quantitative estimate of drug-likeness (QED) is 0.600. The third kappa shape index (κ3) is 5.22. The van der Waals surface area contributed by atoms with E-state index in [1.54, 1.807) is 12.1 Å². The number of ether oxygens (including phenoxy) is 1. The molecule has 4 rings (SSSR count). The molecular weight excluding hydrogens is 365 g/mol. The van der Waals surface area contributed by atoms with Crippen LogP contribution in [0.25, 0.3) is 0 Å². The van der Waals surface area contributed by atoms with Crippen molar-refractivity contribution >= 4 is 0 Å². The van der Waals surface area contributed by atoms with Gasteiger partial charge in [-0.1, -0.05) is 42.5 Å². The second-order valence-electron chi connectivity index (χ2n) is 7.63. The highest BCUT2D eigenvalue weighted by molar-refractivity contribution is 5.34. The number of piperidine rings is 1. The first-order valence-electron chi connectivity index (χ1n) is 10.2. The summed E-state index contributed by atoms with van der Waals surface area (Å²) in [5, 5.41) is 10.4. The predicted octanol–water partition coefficient (Wildman–Crippen LogP) is 5.53. The van der Waals surface area contributed by atoms with E-state index in [1.807, 2.05) is 42.5 Å². The van der Waals surface area contributed by atoms with Crippen molar-refractivity contribution in [1.29, 1.82) is 0 Å². The fraction of sp³-hybridized carbons (Fsp3) is 0.280. The van der Waals surface area contributed by atoms with Gasteiger partial charge in [-0.15, -0.1) is 0 Å². The molecule has 1 saturated heterocycles. The molecule has 1 fully saturated rings. The van der Waals surface area contributed by atoms with Crippen molar-refractivity contribution in [3.63, 3.8) is 0 Å². The van der Waals surface area contributed by atoms with Crippen molar-refractivity contribution < 1.29 is 14.2 Å². The number of rotatable bonds is 6. The fourth-order valence-electron chi connectivity index (χ4n) is 3.92. The normalized spacial score (nSPS) is 16.5. The molecule has 0 saturated carbocycles. The Labute approximate surface area is 171 Å². The van der Waals surface area contributed by atoms with E-state index in [0.29, 0.717) is 18.2 Å². The molecule has 4 heteroatoms. The molecule has 3 aromatic rings. The molecule has 150 valence electrons. The second-order valence-corrected chi connectivity index (χ2v) is 7.63. The van der Waals surface area contributed by atoms with Gasteiger partial charge in [-0.25, -0.2) is 4.39 Å². The molecule has 1 atom stereocenters. The van der Waals surface area contributed by atoms with Crippen molar-refractivity contribution in [3.8, 4) is 11.5 Å². The maximum Gasteiger partial charge on any atom is 0.127 e. The van der Waals surface area contributed by atoms with Gasteiger partial charge in [0.05, 0.1) is 6.10 Å².